The van der Waals surface area contributed by atoms with Crippen molar-refractivity contribution in [1.29, 1.82) is 0 Å². The van der Waals surface area contributed by atoms with Crippen LogP contribution in [0.15, 0.2) is 11.1 Å². The molecule has 1 rings (SSSR count). The molecule has 0 aromatic rings. The van der Waals surface area contributed by atoms with Gasteiger partial charge in [-0.05, 0) is 0 Å². The second-order valence-electron chi connectivity index (χ2n) is 10.4. The van der Waals surface area contributed by atoms with Crippen molar-refractivity contribution in [3.05, 3.63) is 11.1 Å². The van der Waals surface area contributed by atoms with Crippen LogP contribution in [-0.4, -0.2) is 101 Å². The first-order chi connectivity index (χ1) is 23.0. The lowest BCUT2D eigenvalue weighted by molar-refractivity contribution is -0.445. The zero-order valence-electron chi connectivity index (χ0n) is 23.1. The molecule has 36 heteroatoms. The molecule has 0 amide bonds. The number of rotatable bonds is 10. The molecule has 2 atom stereocenters. The van der Waals surface area contributed by atoms with Gasteiger partial charge in [-0.3, -0.25) is 0 Å². The highest BCUT2D eigenvalue weighted by atomic mass is 19.5. The fraction of sp³-hybridized carbons (Fsp3) is 0.895. The van der Waals surface area contributed by atoms with E-state index in [1.807, 2.05) is 0 Å². The largest absolute Gasteiger partial charge is 0.460 e. The van der Waals surface area contributed by atoms with Gasteiger partial charge in [0.05, 0.1) is 11.1 Å². The summed E-state index contributed by atoms with van der Waals surface area (Å²) in [6, 6.07) is 0. The van der Waals surface area contributed by atoms with Gasteiger partial charge in [-0.15, -0.1) is 0 Å². The topological polar surface area (TPSA) is 0 Å². The Morgan fingerprint density at radius 3 is 0.527 bits per heavy atom. The van der Waals surface area contributed by atoms with Crippen molar-refractivity contribution >= 4 is 0 Å². The second kappa shape index (κ2) is 11.7. The Kier molecular flexibility index (Phi) is 10.7. The van der Waals surface area contributed by atoms with Gasteiger partial charge in [0.15, 0.2) is 0 Å². The maximum absolute atomic E-state index is 15.3. The molecule has 1 aliphatic rings. The standard InChI is InChI=1S/C19F36/c20-3(16(44,45)46,7(26,27)10(32,33)12(36,37)14(40,41)18(50,51)52)1-2(6(24,25)9(30,31)5(1,22)23)4(21,17(47,48)49)8(28,29)11(34,35)13(38,39)15(42,43)19(53,54)55. The van der Waals surface area contributed by atoms with Gasteiger partial charge in [-0.1, -0.05) is 0 Å². The third-order valence-corrected chi connectivity index (χ3v) is 7.08. The monoisotopic (exact) mass is 912 g/mol. The quantitative estimate of drug-likeness (QED) is 0.151. The molecule has 0 radical (unpaired) electrons. The molecule has 0 saturated carbocycles. The van der Waals surface area contributed by atoms with E-state index in [-0.39, 0.29) is 0 Å². The van der Waals surface area contributed by atoms with E-state index in [0.717, 1.165) is 0 Å². The van der Waals surface area contributed by atoms with Gasteiger partial charge in [-0.25, -0.2) is 8.78 Å². The van der Waals surface area contributed by atoms with E-state index in [0.29, 0.717) is 0 Å². The minimum absolute atomic E-state index is 7.53. The molecule has 0 heterocycles. The Morgan fingerprint density at radius 2 is 0.382 bits per heavy atom. The van der Waals surface area contributed by atoms with Crippen molar-refractivity contribution in [1.82, 2.24) is 0 Å². The summed E-state index contributed by atoms with van der Waals surface area (Å²) in [5, 5.41) is 0. The van der Waals surface area contributed by atoms with Crippen LogP contribution in [-0.2, 0) is 0 Å². The van der Waals surface area contributed by atoms with Gasteiger partial charge in [0.1, 0.15) is 0 Å². The van der Waals surface area contributed by atoms with E-state index in [1.165, 1.54) is 0 Å². The number of hydrogen-bond acceptors (Lipinski definition) is 0. The Labute approximate surface area is 272 Å². The molecule has 0 spiro atoms. The zero-order valence-corrected chi connectivity index (χ0v) is 23.1. The van der Waals surface area contributed by atoms with Crippen molar-refractivity contribution in [3.63, 3.8) is 0 Å². The van der Waals surface area contributed by atoms with E-state index in [1.54, 1.807) is 0 Å². The van der Waals surface area contributed by atoms with Gasteiger partial charge >= 0.3 is 101 Å². The molecular formula is C19F36. The third kappa shape index (κ3) is 5.43. The summed E-state index contributed by atoms with van der Waals surface area (Å²) >= 11 is 0. The zero-order chi connectivity index (χ0) is 45.7. The SMILES string of the molecule is FC(F)(F)C(F)(F)C(F)(F)C(F)(F)C(F)(F)C(F)(C1=C(C(F)(C(F)(F)F)C(F)(F)C(F)(F)C(F)(F)C(F)(F)C(F)(F)F)C(F)(F)C(F)(F)C1(F)F)C(F)(F)F. The van der Waals surface area contributed by atoms with Crippen LogP contribution in [0.4, 0.5) is 158 Å². The summed E-state index contributed by atoms with van der Waals surface area (Å²) in [6.45, 7) is 0. The maximum Gasteiger partial charge on any atom is 0.460 e. The Morgan fingerprint density at radius 1 is 0.218 bits per heavy atom. The first-order valence-corrected chi connectivity index (χ1v) is 11.6. The summed E-state index contributed by atoms with van der Waals surface area (Å²) in [5.41, 5.74) is -36.1. The van der Waals surface area contributed by atoms with Crippen LogP contribution in [0, 0.1) is 0 Å². The molecule has 1 aliphatic carbocycles. The van der Waals surface area contributed by atoms with Gasteiger partial charge in [0, 0.05) is 0 Å². The summed E-state index contributed by atoms with van der Waals surface area (Å²) in [7, 11) is 0. The lowest BCUT2D eigenvalue weighted by atomic mass is 9.73. The summed E-state index contributed by atoms with van der Waals surface area (Å²) in [5.74, 6) is -108. The third-order valence-electron chi connectivity index (χ3n) is 7.08. The first kappa shape index (κ1) is 50.2. The van der Waals surface area contributed by atoms with Crippen molar-refractivity contribution in [2.45, 2.75) is 101 Å². The molecule has 0 nitrogen and oxygen atoms in total. The van der Waals surface area contributed by atoms with Gasteiger partial charge in [-0.2, -0.15) is 149 Å². The number of alkyl halides is 36. The smallest absolute Gasteiger partial charge is 0.221 e. The first-order valence-electron chi connectivity index (χ1n) is 11.6. The van der Waals surface area contributed by atoms with Crippen LogP contribution < -0.4 is 0 Å². The fourth-order valence-corrected chi connectivity index (χ4v) is 4.13. The molecule has 2 unspecified atom stereocenters. The molecule has 0 bridgehead atoms. The number of hydrogen-bond donors (Lipinski definition) is 0. The van der Waals surface area contributed by atoms with E-state index in [4.69, 9.17) is 0 Å². The molecule has 0 fully saturated rings. The second-order valence-corrected chi connectivity index (χ2v) is 10.4. The van der Waals surface area contributed by atoms with Crippen LogP contribution in [0.2, 0.25) is 0 Å². The van der Waals surface area contributed by atoms with Crippen molar-refractivity contribution in [2.75, 3.05) is 0 Å². The molecule has 0 saturated heterocycles. The molecule has 55 heavy (non-hydrogen) atoms. The van der Waals surface area contributed by atoms with E-state index in [9.17, 15) is 149 Å². The molecule has 328 valence electrons. The fourth-order valence-electron chi connectivity index (χ4n) is 4.13. The predicted octanol–water partition coefficient (Wildman–Crippen LogP) is 12.0. The van der Waals surface area contributed by atoms with E-state index in [2.05, 4.69) is 0 Å². The van der Waals surface area contributed by atoms with E-state index < -0.39 is 112 Å². The minimum atomic E-state index is -10.5. The Bertz CT molecular complexity index is 1390. The lowest BCUT2D eigenvalue weighted by Gasteiger charge is -2.46. The molecule has 0 aromatic heterocycles. The molecule has 0 aromatic carbocycles. The van der Waals surface area contributed by atoms with Gasteiger partial charge in [0.25, 0.3) is 0 Å². The van der Waals surface area contributed by atoms with Gasteiger partial charge < -0.3 is 0 Å². The summed E-state index contributed by atoms with van der Waals surface area (Å²) in [4.78, 5) is 0. The van der Waals surface area contributed by atoms with Crippen molar-refractivity contribution in [2.24, 2.45) is 0 Å². The van der Waals surface area contributed by atoms with Crippen LogP contribution in [0.5, 0.6) is 0 Å². The highest BCUT2D eigenvalue weighted by Crippen LogP contribution is 2.75. The van der Waals surface area contributed by atoms with Crippen LogP contribution in [0.1, 0.15) is 0 Å². The molecular weight excluding hydrogens is 912 g/mol. The molecule has 0 aliphatic heterocycles. The highest BCUT2D eigenvalue weighted by molar-refractivity contribution is 5.55. The predicted molar refractivity (Wildman–Crippen MR) is 93.3 cm³/mol. The van der Waals surface area contributed by atoms with Crippen molar-refractivity contribution in [3.8, 4) is 0 Å². The van der Waals surface area contributed by atoms with Gasteiger partial charge in [0.2, 0.25) is 0 Å². The van der Waals surface area contributed by atoms with Crippen LogP contribution in [0.3, 0.4) is 0 Å². The number of allylic oxidation sites excluding steroid dienone is 2. The highest BCUT2D eigenvalue weighted by Gasteiger charge is 3.01. The Hall–Kier alpha value is -2.78. The Balaban J connectivity index is 5.11. The van der Waals surface area contributed by atoms with Crippen LogP contribution >= 0.6 is 0 Å². The summed E-state index contributed by atoms with van der Waals surface area (Å²) < 4.78 is 494. The average Bonchev–Trinajstić information content (AvgIpc) is 3.01. The normalized spacial score (nSPS) is 22.5. The number of halogens is 36. The minimum Gasteiger partial charge on any atom is -0.221 e. The van der Waals surface area contributed by atoms with Crippen LogP contribution in [0.25, 0.3) is 0 Å². The van der Waals surface area contributed by atoms with E-state index >= 15 is 8.78 Å². The lowest BCUT2D eigenvalue weighted by Crippen LogP contribution is -2.76. The average molecular weight is 912 g/mol. The molecule has 0 N–H and O–H groups in total. The maximum atomic E-state index is 15.3. The van der Waals surface area contributed by atoms with Crippen molar-refractivity contribution < 1.29 is 158 Å². The summed E-state index contributed by atoms with van der Waals surface area (Å²) in [6.07, 6.45) is -37.0.